The van der Waals surface area contributed by atoms with Crippen molar-refractivity contribution in [2.75, 3.05) is 11.4 Å². The second kappa shape index (κ2) is 10.9. The molecule has 0 aliphatic carbocycles. The molecular weight excluding hydrogens is 382 g/mol. The average molecular weight is 418 g/mol. The number of imidazole rings is 1. The zero-order valence-electron chi connectivity index (χ0n) is 19.2. The SMILES string of the molecule is C#CCCCCCc1cn(C(=O)OC(C)(C)C)c(N(CC=C)C(=O)OC(C)(C)C)n1. The Hall–Kier alpha value is -2.75. The van der Waals surface area contributed by atoms with Crippen LogP contribution in [0.5, 0.6) is 0 Å². The maximum atomic E-state index is 12.8. The second-order valence-electron chi connectivity index (χ2n) is 9.03. The van der Waals surface area contributed by atoms with E-state index in [4.69, 9.17) is 15.9 Å². The molecular formula is C23H35N3O4. The third kappa shape index (κ3) is 8.73. The normalized spacial score (nSPS) is 11.5. The lowest BCUT2D eigenvalue weighted by atomic mass is 10.1. The van der Waals surface area contributed by atoms with Crippen LogP contribution < -0.4 is 4.90 Å². The Labute approximate surface area is 180 Å². The van der Waals surface area contributed by atoms with Gasteiger partial charge in [0.2, 0.25) is 5.95 Å². The van der Waals surface area contributed by atoms with Crippen LogP contribution in [0.15, 0.2) is 18.9 Å². The Bertz CT molecular complexity index is 776. The van der Waals surface area contributed by atoms with Crippen molar-refractivity contribution in [3.63, 3.8) is 0 Å². The number of rotatable bonds is 8. The van der Waals surface area contributed by atoms with Crippen LogP contribution in [0.4, 0.5) is 15.5 Å². The van der Waals surface area contributed by atoms with Crippen LogP contribution in [-0.2, 0) is 15.9 Å². The molecule has 0 atom stereocenters. The van der Waals surface area contributed by atoms with Gasteiger partial charge < -0.3 is 9.47 Å². The summed E-state index contributed by atoms with van der Waals surface area (Å²) >= 11 is 0. The van der Waals surface area contributed by atoms with Gasteiger partial charge in [0.25, 0.3) is 0 Å². The second-order valence-corrected chi connectivity index (χ2v) is 9.03. The number of aryl methyl sites for hydroxylation is 1. The number of ether oxygens (including phenoxy) is 2. The molecule has 0 aliphatic rings. The molecule has 166 valence electrons. The van der Waals surface area contributed by atoms with Crippen LogP contribution in [0.1, 0.15) is 72.9 Å². The van der Waals surface area contributed by atoms with Gasteiger partial charge in [-0.3, -0.25) is 0 Å². The third-order valence-electron chi connectivity index (χ3n) is 3.75. The van der Waals surface area contributed by atoms with E-state index in [2.05, 4.69) is 17.5 Å². The predicted molar refractivity (Wildman–Crippen MR) is 119 cm³/mol. The van der Waals surface area contributed by atoms with Crippen LogP contribution >= 0.6 is 0 Å². The topological polar surface area (TPSA) is 73.7 Å². The van der Waals surface area contributed by atoms with Gasteiger partial charge >= 0.3 is 12.2 Å². The van der Waals surface area contributed by atoms with Crippen LogP contribution in [-0.4, -0.2) is 39.5 Å². The number of amides is 1. The monoisotopic (exact) mass is 417 g/mol. The summed E-state index contributed by atoms with van der Waals surface area (Å²) in [6, 6.07) is 0. The Balaban J connectivity index is 3.22. The number of carbonyl (C=O) groups excluding carboxylic acids is 2. The lowest BCUT2D eigenvalue weighted by Crippen LogP contribution is -2.39. The lowest BCUT2D eigenvalue weighted by Gasteiger charge is -2.26. The van der Waals surface area contributed by atoms with Gasteiger partial charge in [-0.2, -0.15) is 0 Å². The molecule has 0 radical (unpaired) electrons. The quantitative estimate of drug-likeness (QED) is 0.325. The molecule has 0 aliphatic heterocycles. The number of aromatic nitrogens is 2. The van der Waals surface area contributed by atoms with E-state index < -0.39 is 23.4 Å². The fraction of sp³-hybridized carbons (Fsp3) is 0.609. The first-order valence-electron chi connectivity index (χ1n) is 10.2. The first kappa shape index (κ1) is 25.3. The average Bonchev–Trinajstić information content (AvgIpc) is 3.00. The van der Waals surface area contributed by atoms with Crippen LogP contribution in [0.25, 0.3) is 0 Å². The fourth-order valence-electron chi connectivity index (χ4n) is 2.57. The highest BCUT2D eigenvalue weighted by molar-refractivity contribution is 5.89. The van der Waals surface area contributed by atoms with Gasteiger partial charge in [0.15, 0.2) is 0 Å². The summed E-state index contributed by atoms with van der Waals surface area (Å²) in [6.45, 7) is 14.5. The van der Waals surface area contributed by atoms with Crippen molar-refractivity contribution in [1.29, 1.82) is 0 Å². The van der Waals surface area contributed by atoms with Crippen molar-refractivity contribution < 1.29 is 19.1 Å². The molecule has 1 aromatic rings. The molecule has 0 saturated heterocycles. The molecule has 0 fully saturated rings. The van der Waals surface area contributed by atoms with Gasteiger partial charge in [-0.25, -0.2) is 24.0 Å². The number of nitrogens with zero attached hydrogens (tertiary/aromatic N) is 3. The van der Waals surface area contributed by atoms with Gasteiger partial charge in [-0.1, -0.05) is 12.5 Å². The lowest BCUT2D eigenvalue weighted by molar-refractivity contribution is 0.0533. The Morgan fingerprint density at radius 2 is 1.80 bits per heavy atom. The maximum Gasteiger partial charge on any atom is 0.421 e. The van der Waals surface area contributed by atoms with Crippen LogP contribution in [0.2, 0.25) is 0 Å². The first-order chi connectivity index (χ1) is 13.9. The largest absolute Gasteiger partial charge is 0.443 e. The number of hydrogen-bond acceptors (Lipinski definition) is 5. The highest BCUT2D eigenvalue weighted by atomic mass is 16.6. The Kier molecular flexibility index (Phi) is 9.16. The van der Waals surface area contributed by atoms with E-state index in [1.807, 2.05) is 0 Å². The van der Waals surface area contributed by atoms with E-state index in [9.17, 15) is 9.59 Å². The van der Waals surface area contributed by atoms with E-state index in [1.165, 1.54) is 9.47 Å². The number of carbonyl (C=O) groups is 2. The molecule has 1 heterocycles. The van der Waals surface area contributed by atoms with Crippen molar-refractivity contribution in [3.05, 3.63) is 24.5 Å². The summed E-state index contributed by atoms with van der Waals surface area (Å²) < 4.78 is 12.3. The molecule has 0 unspecified atom stereocenters. The predicted octanol–water partition coefficient (Wildman–Crippen LogP) is 5.33. The highest BCUT2D eigenvalue weighted by Crippen LogP contribution is 2.22. The van der Waals surface area contributed by atoms with E-state index in [0.29, 0.717) is 12.1 Å². The Morgan fingerprint density at radius 1 is 1.17 bits per heavy atom. The summed E-state index contributed by atoms with van der Waals surface area (Å²) in [5, 5.41) is 0. The van der Waals surface area contributed by atoms with Crippen molar-refractivity contribution in [1.82, 2.24) is 9.55 Å². The van der Waals surface area contributed by atoms with Gasteiger partial charge in [-0.15, -0.1) is 18.9 Å². The molecule has 0 N–H and O–H groups in total. The zero-order valence-corrected chi connectivity index (χ0v) is 19.2. The van der Waals surface area contributed by atoms with E-state index in [0.717, 1.165) is 25.7 Å². The fourth-order valence-corrected chi connectivity index (χ4v) is 2.57. The number of unbranched alkanes of at least 4 members (excludes halogenated alkanes) is 3. The van der Waals surface area contributed by atoms with Crippen molar-refractivity contribution in [2.24, 2.45) is 0 Å². The molecule has 1 rings (SSSR count). The van der Waals surface area contributed by atoms with Gasteiger partial charge in [0, 0.05) is 19.2 Å². The minimum atomic E-state index is -0.695. The molecule has 0 aromatic carbocycles. The minimum Gasteiger partial charge on any atom is -0.443 e. The van der Waals surface area contributed by atoms with Gasteiger partial charge in [0.05, 0.1) is 5.69 Å². The third-order valence-corrected chi connectivity index (χ3v) is 3.75. The Morgan fingerprint density at radius 3 is 2.33 bits per heavy atom. The molecule has 0 spiro atoms. The smallest absolute Gasteiger partial charge is 0.421 e. The van der Waals surface area contributed by atoms with E-state index in [1.54, 1.807) is 53.8 Å². The van der Waals surface area contributed by atoms with Crippen molar-refractivity contribution in [2.45, 2.75) is 84.8 Å². The molecule has 1 amide bonds. The summed E-state index contributed by atoms with van der Waals surface area (Å²) in [4.78, 5) is 31.4. The summed E-state index contributed by atoms with van der Waals surface area (Å²) in [5.41, 5.74) is -0.697. The zero-order chi connectivity index (χ0) is 22.9. The van der Waals surface area contributed by atoms with E-state index in [-0.39, 0.29) is 12.5 Å². The molecule has 0 bridgehead atoms. The van der Waals surface area contributed by atoms with Crippen molar-refractivity contribution in [3.8, 4) is 12.3 Å². The van der Waals surface area contributed by atoms with Crippen LogP contribution in [0, 0.1) is 12.3 Å². The molecule has 0 saturated carbocycles. The molecule has 30 heavy (non-hydrogen) atoms. The van der Waals surface area contributed by atoms with Gasteiger partial charge in [0.1, 0.15) is 11.2 Å². The molecule has 7 nitrogen and oxygen atoms in total. The summed E-state index contributed by atoms with van der Waals surface area (Å²) in [7, 11) is 0. The van der Waals surface area contributed by atoms with E-state index >= 15 is 0 Å². The first-order valence-corrected chi connectivity index (χ1v) is 10.2. The standard InChI is InChI=1S/C23H35N3O4/c1-9-11-12-13-14-15-18-17-26(21(28)30-23(6,7)8)19(24-18)25(16-10-2)20(27)29-22(3,4)5/h1,10,17H,2,11-16H2,3-8H3. The number of hydrogen-bond donors (Lipinski definition) is 0. The van der Waals surface area contributed by atoms with Crippen molar-refractivity contribution >= 4 is 18.1 Å². The van der Waals surface area contributed by atoms with Gasteiger partial charge in [-0.05, 0) is 60.8 Å². The highest BCUT2D eigenvalue weighted by Gasteiger charge is 2.29. The summed E-state index contributed by atoms with van der Waals surface area (Å²) in [6.07, 6.45) is 11.4. The number of terminal acetylenes is 1. The van der Waals surface area contributed by atoms with Crippen LogP contribution in [0.3, 0.4) is 0 Å². The minimum absolute atomic E-state index is 0.135. The number of anilines is 1. The summed E-state index contributed by atoms with van der Waals surface area (Å²) in [5.74, 6) is 2.78. The maximum absolute atomic E-state index is 12.8. The molecule has 1 aromatic heterocycles. The molecule has 7 heteroatoms.